The van der Waals surface area contributed by atoms with Crippen LogP contribution in [-0.4, -0.2) is 39.4 Å². The van der Waals surface area contributed by atoms with E-state index in [0.717, 1.165) is 36.6 Å². The molecule has 0 unspecified atom stereocenters. The Morgan fingerprint density at radius 1 is 1.00 bits per heavy atom. The first kappa shape index (κ1) is 26.3. The highest BCUT2D eigenvalue weighted by atomic mass is 32.2. The first-order chi connectivity index (χ1) is 17.6. The zero-order valence-corrected chi connectivity index (χ0v) is 20.8. The van der Waals surface area contributed by atoms with E-state index in [1.165, 1.54) is 31.4 Å². The number of hydrogen-bond donors (Lipinski definition) is 2. The number of methoxy groups -OCH3 is 1. The summed E-state index contributed by atoms with van der Waals surface area (Å²) in [4.78, 5) is 14.3. The number of ether oxygens (including phenoxy) is 1. The van der Waals surface area contributed by atoms with Gasteiger partial charge in [-0.2, -0.15) is 13.2 Å². The molecule has 11 heteroatoms. The van der Waals surface area contributed by atoms with Crippen molar-refractivity contribution in [2.24, 2.45) is 0 Å². The molecule has 0 spiro atoms. The summed E-state index contributed by atoms with van der Waals surface area (Å²) < 4.78 is 73.9. The van der Waals surface area contributed by atoms with Crippen LogP contribution in [0.4, 0.5) is 24.5 Å². The number of sulfonamides is 1. The Morgan fingerprint density at radius 2 is 1.73 bits per heavy atom. The lowest BCUT2D eigenvalue weighted by Crippen LogP contribution is -2.28. The van der Waals surface area contributed by atoms with Crippen LogP contribution < -0.4 is 14.8 Å². The molecule has 2 N–H and O–H groups in total. The number of rotatable bonds is 8. The van der Waals surface area contributed by atoms with Gasteiger partial charge in [-0.25, -0.2) is 8.42 Å². The summed E-state index contributed by atoms with van der Waals surface area (Å²) in [6, 6.07) is 15.4. The maximum absolute atomic E-state index is 13.4. The highest BCUT2D eigenvalue weighted by Gasteiger charge is 2.31. The SMILES string of the molecule is COc1ccccc1CNc1ccc(C(=O)N2CCCC2)cc1S(=O)(=O)Nc1cccc(C(F)(F)F)c1. The molecule has 0 aromatic heterocycles. The zero-order chi connectivity index (χ0) is 26.6. The van der Waals surface area contributed by atoms with Crippen LogP contribution >= 0.6 is 0 Å². The molecule has 1 heterocycles. The molecule has 1 aliphatic heterocycles. The molecule has 0 radical (unpaired) electrons. The van der Waals surface area contributed by atoms with Crippen molar-refractivity contribution in [2.75, 3.05) is 30.2 Å². The Bertz CT molecular complexity index is 1390. The van der Waals surface area contributed by atoms with Gasteiger partial charge in [0, 0.05) is 36.4 Å². The third-order valence-electron chi connectivity index (χ3n) is 6.02. The molecule has 0 bridgehead atoms. The van der Waals surface area contributed by atoms with Crippen LogP contribution in [0.3, 0.4) is 0 Å². The van der Waals surface area contributed by atoms with Crippen molar-refractivity contribution >= 4 is 27.3 Å². The third kappa shape index (κ3) is 6.16. The summed E-state index contributed by atoms with van der Waals surface area (Å²) in [6.45, 7) is 1.36. The molecular weight excluding hydrogens is 507 g/mol. The largest absolute Gasteiger partial charge is 0.496 e. The Hall–Kier alpha value is -3.73. The minimum atomic E-state index is -4.63. The minimum Gasteiger partial charge on any atom is -0.496 e. The van der Waals surface area contributed by atoms with E-state index in [0.29, 0.717) is 18.8 Å². The molecule has 1 fully saturated rings. The van der Waals surface area contributed by atoms with E-state index < -0.39 is 21.8 Å². The van der Waals surface area contributed by atoms with E-state index in [1.54, 1.807) is 17.0 Å². The average molecular weight is 534 g/mol. The Kier molecular flexibility index (Phi) is 7.63. The normalized spacial score (nSPS) is 13.9. The van der Waals surface area contributed by atoms with Gasteiger partial charge < -0.3 is 15.0 Å². The molecular formula is C26H26F3N3O4S. The van der Waals surface area contributed by atoms with Gasteiger partial charge in [0.25, 0.3) is 15.9 Å². The number of alkyl halides is 3. The molecule has 0 saturated carbocycles. The van der Waals surface area contributed by atoms with Crippen LogP contribution in [0.2, 0.25) is 0 Å². The van der Waals surface area contributed by atoms with Gasteiger partial charge in [0.1, 0.15) is 10.6 Å². The molecule has 7 nitrogen and oxygen atoms in total. The van der Waals surface area contributed by atoms with Crippen LogP contribution in [0, 0.1) is 0 Å². The first-order valence-corrected chi connectivity index (χ1v) is 13.1. The summed E-state index contributed by atoms with van der Waals surface area (Å²) in [7, 11) is -2.87. The second-order valence-electron chi connectivity index (χ2n) is 8.56. The lowest BCUT2D eigenvalue weighted by atomic mass is 10.1. The van der Waals surface area contributed by atoms with Gasteiger partial charge in [-0.3, -0.25) is 9.52 Å². The van der Waals surface area contributed by atoms with Crippen LogP contribution in [-0.2, 0) is 22.7 Å². The van der Waals surface area contributed by atoms with Gasteiger partial charge in [0.05, 0.1) is 18.4 Å². The van der Waals surface area contributed by atoms with Crippen molar-refractivity contribution in [1.29, 1.82) is 0 Å². The average Bonchev–Trinajstić information content (AvgIpc) is 3.41. The van der Waals surface area contributed by atoms with Crippen molar-refractivity contribution in [3.63, 3.8) is 0 Å². The highest BCUT2D eigenvalue weighted by molar-refractivity contribution is 7.92. The van der Waals surface area contributed by atoms with Gasteiger partial charge in [0.2, 0.25) is 0 Å². The molecule has 0 atom stereocenters. The molecule has 196 valence electrons. The van der Waals surface area contributed by atoms with Gasteiger partial charge in [-0.15, -0.1) is 0 Å². The molecule has 1 aliphatic rings. The van der Waals surface area contributed by atoms with Crippen molar-refractivity contribution in [3.8, 4) is 5.75 Å². The van der Waals surface area contributed by atoms with Gasteiger partial charge in [-0.1, -0.05) is 24.3 Å². The fourth-order valence-electron chi connectivity index (χ4n) is 4.14. The maximum Gasteiger partial charge on any atom is 0.416 e. The number of nitrogens with zero attached hydrogens (tertiary/aromatic N) is 1. The fourth-order valence-corrected chi connectivity index (χ4v) is 5.39. The van der Waals surface area contributed by atoms with Crippen molar-refractivity contribution in [1.82, 2.24) is 4.90 Å². The van der Waals surface area contributed by atoms with E-state index in [9.17, 15) is 26.4 Å². The van der Waals surface area contributed by atoms with Crippen LogP contribution in [0.25, 0.3) is 0 Å². The Labute approximate surface area is 213 Å². The van der Waals surface area contributed by atoms with Gasteiger partial charge in [0.15, 0.2) is 0 Å². The fraction of sp³-hybridized carbons (Fsp3) is 0.269. The quantitative estimate of drug-likeness (QED) is 0.407. The molecule has 0 aliphatic carbocycles. The highest BCUT2D eigenvalue weighted by Crippen LogP contribution is 2.32. The van der Waals surface area contributed by atoms with Crippen molar-refractivity contribution in [3.05, 3.63) is 83.4 Å². The van der Waals surface area contributed by atoms with E-state index in [4.69, 9.17) is 4.74 Å². The second kappa shape index (κ2) is 10.7. The Balaban J connectivity index is 1.69. The number of carbonyl (C=O) groups is 1. The summed E-state index contributed by atoms with van der Waals surface area (Å²) in [5.41, 5.74) is -0.115. The summed E-state index contributed by atoms with van der Waals surface area (Å²) in [5, 5.41) is 3.06. The predicted molar refractivity (Wildman–Crippen MR) is 134 cm³/mol. The number of amides is 1. The van der Waals surface area contributed by atoms with Crippen LogP contribution in [0.5, 0.6) is 5.75 Å². The molecule has 37 heavy (non-hydrogen) atoms. The standard InChI is InChI=1S/C26H26F3N3O4S/c1-36-23-10-3-2-7-19(23)17-30-22-12-11-18(25(33)32-13-4-5-14-32)15-24(22)37(34,35)31-21-9-6-8-20(16-21)26(27,28)29/h2-3,6-12,15-16,30-31H,4-5,13-14,17H2,1H3. The zero-order valence-electron chi connectivity index (χ0n) is 20.0. The second-order valence-corrected chi connectivity index (χ2v) is 10.2. The lowest BCUT2D eigenvalue weighted by Gasteiger charge is -2.19. The van der Waals surface area contributed by atoms with E-state index in [1.807, 2.05) is 12.1 Å². The van der Waals surface area contributed by atoms with E-state index in [2.05, 4.69) is 10.0 Å². The van der Waals surface area contributed by atoms with Crippen molar-refractivity contribution < 1.29 is 31.1 Å². The predicted octanol–water partition coefficient (Wildman–Crippen LogP) is 5.36. The molecule has 3 aromatic carbocycles. The number of nitrogens with one attached hydrogen (secondary N) is 2. The maximum atomic E-state index is 13.4. The molecule has 1 amide bonds. The number of likely N-dealkylation sites (tertiary alicyclic amines) is 1. The lowest BCUT2D eigenvalue weighted by molar-refractivity contribution is -0.137. The topological polar surface area (TPSA) is 87.7 Å². The molecule has 1 saturated heterocycles. The molecule has 4 rings (SSSR count). The number of benzene rings is 3. The summed E-state index contributed by atoms with van der Waals surface area (Å²) in [5.74, 6) is 0.298. The van der Waals surface area contributed by atoms with Gasteiger partial charge in [-0.05, 0) is 55.3 Å². The van der Waals surface area contributed by atoms with E-state index in [-0.39, 0.29) is 34.3 Å². The first-order valence-electron chi connectivity index (χ1n) is 11.6. The number of halogens is 3. The van der Waals surface area contributed by atoms with Gasteiger partial charge >= 0.3 is 6.18 Å². The van der Waals surface area contributed by atoms with Crippen LogP contribution in [0.1, 0.15) is 34.3 Å². The van der Waals surface area contributed by atoms with Crippen molar-refractivity contribution in [2.45, 2.75) is 30.5 Å². The molecule has 3 aromatic rings. The minimum absolute atomic E-state index is 0.175. The summed E-state index contributed by atoms with van der Waals surface area (Å²) >= 11 is 0. The van der Waals surface area contributed by atoms with E-state index >= 15 is 0 Å². The van der Waals surface area contributed by atoms with Crippen LogP contribution in [0.15, 0.2) is 71.6 Å². The number of para-hydroxylation sites is 1. The Morgan fingerprint density at radius 3 is 2.43 bits per heavy atom. The summed E-state index contributed by atoms with van der Waals surface area (Å²) in [6.07, 6.45) is -2.90. The number of hydrogen-bond acceptors (Lipinski definition) is 5. The monoisotopic (exact) mass is 533 g/mol. The number of carbonyl (C=O) groups excluding carboxylic acids is 1. The third-order valence-corrected chi connectivity index (χ3v) is 7.44. The number of anilines is 2. The smallest absolute Gasteiger partial charge is 0.416 e.